The van der Waals surface area contributed by atoms with E-state index in [1.54, 1.807) is 26.0 Å². The molecule has 42 heavy (non-hydrogen) atoms. The minimum absolute atomic E-state index is 0.00313. The summed E-state index contributed by atoms with van der Waals surface area (Å²) in [6, 6.07) is 11.3. The number of hydrogen-bond donors (Lipinski definition) is 4. The lowest BCUT2D eigenvalue weighted by Gasteiger charge is -2.25. The number of aromatic nitrogens is 1. The van der Waals surface area contributed by atoms with Gasteiger partial charge in [-0.2, -0.15) is 13.2 Å². The Labute approximate surface area is 241 Å². The number of hydrogen-bond acceptors (Lipinski definition) is 5. The molecule has 0 radical (unpaired) electrons. The van der Waals surface area contributed by atoms with E-state index in [4.69, 9.17) is 4.74 Å². The van der Waals surface area contributed by atoms with Crippen LogP contribution in [0.1, 0.15) is 53.0 Å². The number of fused-ring (bicyclic) bond motifs is 1. The number of alkyl halides is 3. The van der Waals surface area contributed by atoms with Crippen molar-refractivity contribution in [3.8, 4) is 11.5 Å². The van der Waals surface area contributed by atoms with Crippen LogP contribution in [-0.4, -0.2) is 35.9 Å². The number of amides is 4. The Morgan fingerprint density at radius 2 is 1.79 bits per heavy atom. The SMILES string of the molecule is CNC(=O)c1cc(Oc2ccc3c(c2)CC(C(=O)Nc2cc(CNC(=O)NC(C)C)cc(C(F)(F)F)c2)CC3)ccn1. The molecule has 12 heteroatoms. The van der Waals surface area contributed by atoms with Crippen LogP contribution in [0.25, 0.3) is 0 Å². The van der Waals surface area contributed by atoms with Crippen LogP contribution < -0.4 is 26.0 Å². The highest BCUT2D eigenvalue weighted by molar-refractivity contribution is 5.93. The van der Waals surface area contributed by atoms with Crippen molar-refractivity contribution in [2.75, 3.05) is 12.4 Å². The van der Waals surface area contributed by atoms with Gasteiger partial charge >= 0.3 is 12.2 Å². The minimum Gasteiger partial charge on any atom is -0.457 e. The first-order valence-corrected chi connectivity index (χ1v) is 13.5. The first-order chi connectivity index (χ1) is 19.9. The van der Waals surface area contributed by atoms with Crippen molar-refractivity contribution in [3.05, 3.63) is 82.7 Å². The normalized spacial score (nSPS) is 14.5. The van der Waals surface area contributed by atoms with Gasteiger partial charge in [0.05, 0.1) is 5.56 Å². The van der Waals surface area contributed by atoms with Crippen molar-refractivity contribution in [3.63, 3.8) is 0 Å². The summed E-state index contributed by atoms with van der Waals surface area (Å²) in [6.45, 7) is 3.38. The van der Waals surface area contributed by atoms with Gasteiger partial charge in [0.15, 0.2) is 0 Å². The van der Waals surface area contributed by atoms with E-state index in [1.165, 1.54) is 25.4 Å². The molecule has 1 atom stereocenters. The topological polar surface area (TPSA) is 121 Å². The maximum absolute atomic E-state index is 13.6. The number of rotatable bonds is 8. The molecule has 1 unspecified atom stereocenters. The van der Waals surface area contributed by atoms with Gasteiger partial charge in [-0.05, 0) is 86.2 Å². The molecule has 0 aliphatic heterocycles. The predicted molar refractivity (Wildman–Crippen MR) is 150 cm³/mol. The first-order valence-electron chi connectivity index (χ1n) is 13.5. The van der Waals surface area contributed by atoms with Crippen LogP contribution in [-0.2, 0) is 30.4 Å². The van der Waals surface area contributed by atoms with Gasteiger partial charge in [-0.15, -0.1) is 0 Å². The average molecular weight is 584 g/mol. The molecule has 0 saturated carbocycles. The Kier molecular flexibility index (Phi) is 9.34. The van der Waals surface area contributed by atoms with Crippen molar-refractivity contribution >= 4 is 23.5 Å². The second-order valence-corrected chi connectivity index (χ2v) is 10.3. The summed E-state index contributed by atoms with van der Waals surface area (Å²) >= 11 is 0. The van der Waals surface area contributed by atoms with E-state index < -0.39 is 29.6 Å². The molecule has 0 saturated heterocycles. The van der Waals surface area contributed by atoms with E-state index in [9.17, 15) is 27.6 Å². The molecule has 1 heterocycles. The zero-order chi connectivity index (χ0) is 30.4. The molecule has 2 aromatic carbocycles. The second kappa shape index (κ2) is 12.9. The average Bonchev–Trinajstić information content (AvgIpc) is 2.94. The monoisotopic (exact) mass is 583 g/mol. The summed E-state index contributed by atoms with van der Waals surface area (Å²) in [5.41, 5.74) is 1.43. The number of carbonyl (C=O) groups is 3. The molecule has 9 nitrogen and oxygen atoms in total. The predicted octanol–water partition coefficient (Wildman–Crippen LogP) is 5.20. The second-order valence-electron chi connectivity index (χ2n) is 10.3. The van der Waals surface area contributed by atoms with E-state index >= 15 is 0 Å². The van der Waals surface area contributed by atoms with E-state index in [1.807, 2.05) is 12.1 Å². The third-order valence-corrected chi connectivity index (χ3v) is 6.66. The van der Waals surface area contributed by atoms with Crippen LogP contribution in [0.3, 0.4) is 0 Å². The van der Waals surface area contributed by atoms with Crippen LogP contribution in [0, 0.1) is 5.92 Å². The quantitative estimate of drug-likeness (QED) is 0.290. The van der Waals surface area contributed by atoms with E-state index in [-0.39, 0.29) is 35.4 Å². The summed E-state index contributed by atoms with van der Waals surface area (Å²) in [5.74, 6) is -0.278. The van der Waals surface area contributed by atoms with Gasteiger partial charge in [-0.25, -0.2) is 4.79 Å². The van der Waals surface area contributed by atoms with Crippen molar-refractivity contribution < 1.29 is 32.3 Å². The number of carbonyl (C=O) groups excluding carboxylic acids is 3. The summed E-state index contributed by atoms with van der Waals surface area (Å²) < 4.78 is 46.7. The fourth-order valence-corrected chi connectivity index (χ4v) is 4.65. The lowest BCUT2D eigenvalue weighted by atomic mass is 9.83. The highest BCUT2D eigenvalue weighted by atomic mass is 19.4. The maximum Gasteiger partial charge on any atom is 0.416 e. The minimum atomic E-state index is -4.63. The maximum atomic E-state index is 13.6. The van der Waals surface area contributed by atoms with Gasteiger partial charge < -0.3 is 26.0 Å². The smallest absolute Gasteiger partial charge is 0.416 e. The lowest BCUT2D eigenvalue weighted by molar-refractivity contribution is -0.137. The first kappa shape index (κ1) is 30.4. The summed E-state index contributed by atoms with van der Waals surface area (Å²) in [6.07, 6.45) is -1.64. The van der Waals surface area contributed by atoms with Crippen LogP contribution in [0.5, 0.6) is 11.5 Å². The number of halogens is 3. The molecule has 0 fully saturated rings. The molecule has 4 N–H and O–H groups in total. The number of nitrogens with one attached hydrogen (secondary N) is 4. The number of aryl methyl sites for hydroxylation is 1. The number of anilines is 1. The molecule has 4 rings (SSSR count). The Hall–Kier alpha value is -4.61. The number of urea groups is 1. The van der Waals surface area contributed by atoms with Crippen LogP contribution >= 0.6 is 0 Å². The standard InChI is InChI=1S/C30H32F3N5O4/c1-17(2)37-29(41)36-16-18-10-22(30(31,32)33)14-23(11-18)38-27(39)20-5-4-19-6-7-24(13-21(19)12-20)42-25-8-9-35-26(15-25)28(40)34-3/h6-11,13-15,17,20H,4-5,12,16H2,1-3H3,(H,34,40)(H,38,39)(H2,36,37,41). The summed E-state index contributed by atoms with van der Waals surface area (Å²) in [5, 5.41) is 10.3. The number of pyridine rings is 1. The molecule has 4 amide bonds. The fraction of sp³-hybridized carbons (Fsp3) is 0.333. The molecular formula is C30H32F3N5O4. The molecule has 0 spiro atoms. The lowest BCUT2D eigenvalue weighted by Crippen LogP contribution is -2.39. The molecular weight excluding hydrogens is 551 g/mol. The van der Waals surface area contributed by atoms with Crippen LogP contribution in [0.4, 0.5) is 23.7 Å². The highest BCUT2D eigenvalue weighted by Crippen LogP contribution is 2.34. The summed E-state index contributed by atoms with van der Waals surface area (Å²) in [4.78, 5) is 41.0. The summed E-state index contributed by atoms with van der Waals surface area (Å²) in [7, 11) is 1.51. The molecule has 1 aliphatic rings. The van der Waals surface area contributed by atoms with Gasteiger partial charge in [0.1, 0.15) is 17.2 Å². The largest absolute Gasteiger partial charge is 0.457 e. The highest BCUT2D eigenvalue weighted by Gasteiger charge is 2.32. The molecule has 1 aliphatic carbocycles. The Morgan fingerprint density at radius 3 is 2.50 bits per heavy atom. The van der Waals surface area contributed by atoms with Crippen molar-refractivity contribution in [2.45, 2.75) is 51.9 Å². The third-order valence-electron chi connectivity index (χ3n) is 6.66. The van der Waals surface area contributed by atoms with Gasteiger partial charge in [0.2, 0.25) is 5.91 Å². The van der Waals surface area contributed by atoms with Gasteiger partial charge in [0.25, 0.3) is 5.91 Å². The molecule has 1 aromatic heterocycles. The van der Waals surface area contributed by atoms with Crippen molar-refractivity contribution in [1.29, 1.82) is 0 Å². The van der Waals surface area contributed by atoms with E-state index in [2.05, 4.69) is 26.3 Å². The number of ether oxygens (including phenoxy) is 1. The van der Waals surface area contributed by atoms with Crippen molar-refractivity contribution in [2.24, 2.45) is 5.92 Å². The third kappa shape index (κ3) is 7.99. The Morgan fingerprint density at radius 1 is 1.02 bits per heavy atom. The molecule has 222 valence electrons. The van der Waals surface area contributed by atoms with Crippen molar-refractivity contribution in [1.82, 2.24) is 20.9 Å². The van der Waals surface area contributed by atoms with Gasteiger partial charge in [-0.1, -0.05) is 6.07 Å². The Balaban J connectivity index is 1.46. The zero-order valence-electron chi connectivity index (χ0n) is 23.4. The zero-order valence-corrected chi connectivity index (χ0v) is 23.4. The molecule has 0 bridgehead atoms. The van der Waals surface area contributed by atoms with Crippen LogP contribution in [0.15, 0.2) is 54.7 Å². The Bertz CT molecular complexity index is 1480. The van der Waals surface area contributed by atoms with E-state index in [0.717, 1.165) is 23.3 Å². The van der Waals surface area contributed by atoms with Crippen LogP contribution in [0.2, 0.25) is 0 Å². The fourth-order valence-electron chi connectivity index (χ4n) is 4.65. The molecule has 3 aromatic rings. The van der Waals surface area contributed by atoms with E-state index in [0.29, 0.717) is 30.8 Å². The van der Waals surface area contributed by atoms with Gasteiger partial charge in [0, 0.05) is 43.5 Å². The number of nitrogens with zero attached hydrogens (tertiary/aromatic N) is 1. The number of benzene rings is 2. The van der Waals surface area contributed by atoms with Gasteiger partial charge in [-0.3, -0.25) is 14.6 Å².